The molecule has 1 rings (SSSR count). The Bertz CT molecular complexity index is 197. The van der Waals surface area contributed by atoms with Crippen LogP contribution in [-0.4, -0.2) is 25.0 Å². The van der Waals surface area contributed by atoms with Crippen molar-refractivity contribution in [1.82, 2.24) is 10.6 Å². The van der Waals surface area contributed by atoms with E-state index in [-0.39, 0.29) is 11.9 Å². The number of nitrogens with one attached hydrogen (secondary N) is 2. The predicted molar refractivity (Wildman–Crippen MR) is 58.0 cm³/mol. The van der Waals surface area contributed by atoms with Crippen molar-refractivity contribution in [1.29, 1.82) is 0 Å². The van der Waals surface area contributed by atoms with Crippen LogP contribution in [0.3, 0.4) is 0 Å². The van der Waals surface area contributed by atoms with Crippen molar-refractivity contribution in [2.24, 2.45) is 5.92 Å². The van der Waals surface area contributed by atoms with Crippen LogP contribution in [0.1, 0.15) is 26.2 Å². The van der Waals surface area contributed by atoms with E-state index < -0.39 is 0 Å². The third-order valence-corrected chi connectivity index (χ3v) is 2.68. The van der Waals surface area contributed by atoms with Gasteiger partial charge in [0.05, 0.1) is 0 Å². The van der Waals surface area contributed by atoms with E-state index in [1.807, 2.05) is 6.92 Å². The maximum atomic E-state index is 11.5. The lowest BCUT2D eigenvalue weighted by molar-refractivity contribution is -0.122. The topological polar surface area (TPSA) is 41.1 Å². The van der Waals surface area contributed by atoms with Gasteiger partial charge in [-0.25, -0.2) is 0 Å². The molecule has 0 aromatic carbocycles. The van der Waals surface area contributed by atoms with Gasteiger partial charge in [0.25, 0.3) is 0 Å². The molecule has 1 atom stereocenters. The Labute approximate surface area is 86.0 Å². The smallest absolute Gasteiger partial charge is 0.220 e. The first kappa shape index (κ1) is 11.2. The first-order valence-corrected chi connectivity index (χ1v) is 5.35. The molecular formula is C11H20N2O. The number of carbonyl (C=O) groups excluding carboxylic acids is 1. The molecule has 1 amide bonds. The van der Waals surface area contributed by atoms with Gasteiger partial charge < -0.3 is 10.6 Å². The summed E-state index contributed by atoms with van der Waals surface area (Å²) in [5, 5.41) is 6.19. The molecule has 1 aliphatic heterocycles. The van der Waals surface area contributed by atoms with E-state index in [9.17, 15) is 4.79 Å². The van der Waals surface area contributed by atoms with Gasteiger partial charge in [-0.15, -0.1) is 6.58 Å². The fourth-order valence-corrected chi connectivity index (χ4v) is 1.72. The van der Waals surface area contributed by atoms with Crippen molar-refractivity contribution < 1.29 is 4.79 Å². The molecule has 3 nitrogen and oxygen atoms in total. The quantitative estimate of drug-likeness (QED) is 0.660. The molecule has 0 saturated carbocycles. The number of amides is 1. The van der Waals surface area contributed by atoms with E-state index in [1.165, 1.54) is 0 Å². The van der Waals surface area contributed by atoms with Crippen molar-refractivity contribution in [3.05, 3.63) is 12.7 Å². The predicted octanol–water partition coefficient (Wildman–Crippen LogP) is 1.07. The molecule has 0 aromatic rings. The third kappa shape index (κ3) is 3.92. The fourth-order valence-electron chi connectivity index (χ4n) is 1.72. The molecular weight excluding hydrogens is 176 g/mol. The molecule has 1 saturated heterocycles. The number of rotatable bonds is 4. The first-order chi connectivity index (χ1) is 6.72. The molecule has 1 fully saturated rings. The molecule has 0 bridgehead atoms. The van der Waals surface area contributed by atoms with Crippen LogP contribution in [0.4, 0.5) is 0 Å². The molecule has 1 aliphatic rings. The summed E-state index contributed by atoms with van der Waals surface area (Å²) in [4.78, 5) is 11.5. The Balaban J connectivity index is 2.21. The van der Waals surface area contributed by atoms with Crippen LogP contribution in [0, 0.1) is 5.92 Å². The average molecular weight is 196 g/mol. The summed E-state index contributed by atoms with van der Waals surface area (Å²) in [5.41, 5.74) is 0. The summed E-state index contributed by atoms with van der Waals surface area (Å²) in [5.74, 6) is 0.720. The molecule has 0 radical (unpaired) electrons. The van der Waals surface area contributed by atoms with Gasteiger partial charge in [-0.3, -0.25) is 4.79 Å². The molecule has 0 aliphatic carbocycles. The minimum atomic E-state index is 0.0872. The average Bonchev–Trinajstić information content (AvgIpc) is 2.19. The molecule has 0 aromatic heterocycles. The highest BCUT2D eigenvalue weighted by atomic mass is 16.1. The van der Waals surface area contributed by atoms with Gasteiger partial charge >= 0.3 is 0 Å². The minimum Gasteiger partial charge on any atom is -0.350 e. The third-order valence-electron chi connectivity index (χ3n) is 2.68. The highest BCUT2D eigenvalue weighted by molar-refractivity contribution is 5.76. The number of piperidine rings is 1. The van der Waals surface area contributed by atoms with Crippen LogP contribution in [0.5, 0.6) is 0 Å². The number of carbonyl (C=O) groups is 1. The van der Waals surface area contributed by atoms with Crippen LogP contribution >= 0.6 is 0 Å². The lowest BCUT2D eigenvalue weighted by Gasteiger charge is -2.22. The van der Waals surface area contributed by atoms with Crippen molar-refractivity contribution in [3.63, 3.8) is 0 Å². The zero-order valence-electron chi connectivity index (χ0n) is 8.88. The van der Waals surface area contributed by atoms with Crippen molar-refractivity contribution in [2.45, 2.75) is 32.2 Å². The Morgan fingerprint density at radius 1 is 1.64 bits per heavy atom. The van der Waals surface area contributed by atoms with Crippen LogP contribution in [0.15, 0.2) is 12.7 Å². The molecule has 14 heavy (non-hydrogen) atoms. The van der Waals surface area contributed by atoms with Crippen molar-refractivity contribution >= 4 is 5.91 Å². The van der Waals surface area contributed by atoms with Gasteiger partial charge in [0.1, 0.15) is 0 Å². The van der Waals surface area contributed by atoms with E-state index in [2.05, 4.69) is 17.2 Å². The lowest BCUT2D eigenvalue weighted by atomic mass is 9.94. The Morgan fingerprint density at radius 2 is 2.29 bits per heavy atom. The summed E-state index contributed by atoms with van der Waals surface area (Å²) < 4.78 is 0. The molecule has 0 spiro atoms. The van der Waals surface area contributed by atoms with Crippen LogP contribution in [0.2, 0.25) is 0 Å². The summed E-state index contributed by atoms with van der Waals surface area (Å²) in [6.45, 7) is 7.67. The van der Waals surface area contributed by atoms with Crippen LogP contribution in [0.25, 0.3) is 0 Å². The van der Waals surface area contributed by atoms with E-state index >= 15 is 0 Å². The largest absolute Gasteiger partial charge is 0.350 e. The normalized spacial score (nSPS) is 20.1. The molecule has 2 N–H and O–H groups in total. The zero-order valence-corrected chi connectivity index (χ0v) is 8.88. The summed E-state index contributed by atoms with van der Waals surface area (Å²) >= 11 is 0. The highest BCUT2D eigenvalue weighted by Crippen LogP contribution is 2.15. The molecule has 80 valence electrons. The van der Waals surface area contributed by atoms with Gasteiger partial charge in [-0.05, 0) is 38.8 Å². The lowest BCUT2D eigenvalue weighted by Crippen LogP contribution is -2.35. The highest BCUT2D eigenvalue weighted by Gasteiger charge is 2.16. The maximum Gasteiger partial charge on any atom is 0.220 e. The Morgan fingerprint density at radius 3 is 2.86 bits per heavy atom. The van der Waals surface area contributed by atoms with Gasteiger partial charge in [0.2, 0.25) is 5.91 Å². The second kappa shape index (κ2) is 5.81. The maximum absolute atomic E-state index is 11.5. The summed E-state index contributed by atoms with van der Waals surface area (Å²) in [7, 11) is 0. The fraction of sp³-hybridized carbons (Fsp3) is 0.727. The van der Waals surface area contributed by atoms with E-state index in [1.54, 1.807) is 6.08 Å². The SMILES string of the molecule is C=CC(C)NC(=O)CC1CCNCC1. The summed E-state index contributed by atoms with van der Waals surface area (Å²) in [6.07, 6.45) is 4.66. The first-order valence-electron chi connectivity index (χ1n) is 5.35. The van der Waals surface area contributed by atoms with Gasteiger partial charge in [0, 0.05) is 12.5 Å². The zero-order chi connectivity index (χ0) is 10.4. The van der Waals surface area contributed by atoms with Crippen molar-refractivity contribution in [2.75, 3.05) is 13.1 Å². The number of hydrogen-bond acceptors (Lipinski definition) is 2. The van der Waals surface area contributed by atoms with E-state index in [0.29, 0.717) is 12.3 Å². The van der Waals surface area contributed by atoms with Crippen LogP contribution in [-0.2, 0) is 4.79 Å². The Kier molecular flexibility index (Phi) is 4.66. The van der Waals surface area contributed by atoms with Gasteiger partial charge in [-0.1, -0.05) is 6.08 Å². The second-order valence-electron chi connectivity index (χ2n) is 3.99. The number of hydrogen-bond donors (Lipinski definition) is 2. The monoisotopic (exact) mass is 196 g/mol. The van der Waals surface area contributed by atoms with Gasteiger partial charge in [-0.2, -0.15) is 0 Å². The van der Waals surface area contributed by atoms with Crippen molar-refractivity contribution in [3.8, 4) is 0 Å². The van der Waals surface area contributed by atoms with Gasteiger partial charge in [0.15, 0.2) is 0 Å². The van der Waals surface area contributed by atoms with E-state index in [0.717, 1.165) is 25.9 Å². The molecule has 1 unspecified atom stereocenters. The summed E-state index contributed by atoms with van der Waals surface area (Å²) in [6, 6.07) is 0.0872. The molecule has 3 heteroatoms. The van der Waals surface area contributed by atoms with E-state index in [4.69, 9.17) is 0 Å². The second-order valence-corrected chi connectivity index (χ2v) is 3.99. The Hall–Kier alpha value is -0.830. The van der Waals surface area contributed by atoms with Crippen LogP contribution < -0.4 is 10.6 Å². The standard InChI is InChI=1S/C11H20N2O/c1-3-9(2)13-11(14)8-10-4-6-12-7-5-10/h3,9-10,12H,1,4-8H2,2H3,(H,13,14). The molecule has 1 heterocycles. The minimum absolute atomic E-state index is 0.0872.